The predicted octanol–water partition coefficient (Wildman–Crippen LogP) is 2.14. The molecule has 0 unspecified atom stereocenters. The van der Waals surface area contributed by atoms with Gasteiger partial charge >= 0.3 is 0 Å². The fraction of sp³-hybridized carbons (Fsp3) is 0.562. The second-order valence-electron chi connectivity index (χ2n) is 5.48. The summed E-state index contributed by atoms with van der Waals surface area (Å²) in [6.07, 6.45) is 0.462. The molecule has 0 heterocycles. The zero-order valence-corrected chi connectivity index (χ0v) is 13.2. The van der Waals surface area contributed by atoms with Gasteiger partial charge in [-0.25, -0.2) is 0 Å². The molecule has 0 spiro atoms. The first-order valence-corrected chi connectivity index (χ1v) is 7.06. The van der Waals surface area contributed by atoms with Gasteiger partial charge in [-0.2, -0.15) is 0 Å². The number of ether oxygens (including phenoxy) is 1. The minimum atomic E-state index is -0.477. The Kier molecular flexibility index (Phi) is 6.52. The summed E-state index contributed by atoms with van der Waals surface area (Å²) < 4.78 is 5.74. The summed E-state index contributed by atoms with van der Waals surface area (Å²) in [5.41, 5.74) is 2.17. The quantitative estimate of drug-likeness (QED) is 0.777. The molecular weight excluding hydrogens is 252 g/mol. The highest BCUT2D eigenvalue weighted by atomic mass is 16.5. The normalized spacial score (nSPS) is 12.3. The van der Waals surface area contributed by atoms with Crippen LogP contribution in [0.2, 0.25) is 0 Å². The first kappa shape index (κ1) is 16.5. The van der Waals surface area contributed by atoms with Crippen molar-refractivity contribution >= 4 is 5.91 Å². The number of hydrogen-bond donors (Lipinski definition) is 1. The van der Waals surface area contributed by atoms with Crippen molar-refractivity contribution in [3.63, 3.8) is 0 Å². The van der Waals surface area contributed by atoms with E-state index in [0.29, 0.717) is 6.54 Å². The molecule has 0 aromatic heterocycles. The number of hydrogen-bond acceptors (Lipinski definition) is 3. The molecule has 0 radical (unpaired) electrons. The Hall–Kier alpha value is -1.55. The highest BCUT2D eigenvalue weighted by Crippen LogP contribution is 2.20. The topological polar surface area (TPSA) is 41.6 Å². The number of benzene rings is 1. The molecule has 1 N–H and O–H groups in total. The van der Waals surface area contributed by atoms with Gasteiger partial charge in [-0.05, 0) is 65.0 Å². The number of rotatable bonds is 7. The van der Waals surface area contributed by atoms with E-state index in [1.165, 1.54) is 0 Å². The molecule has 0 fully saturated rings. The van der Waals surface area contributed by atoms with Crippen molar-refractivity contribution < 1.29 is 9.53 Å². The van der Waals surface area contributed by atoms with E-state index in [-0.39, 0.29) is 5.91 Å². The smallest absolute Gasteiger partial charge is 0.260 e. The molecule has 1 atom stereocenters. The molecule has 1 rings (SSSR count). The third-order valence-corrected chi connectivity index (χ3v) is 3.10. The number of amides is 1. The average molecular weight is 278 g/mol. The van der Waals surface area contributed by atoms with Gasteiger partial charge in [0.05, 0.1) is 0 Å². The molecule has 0 aliphatic rings. The van der Waals surface area contributed by atoms with Crippen molar-refractivity contribution in [2.45, 2.75) is 33.3 Å². The number of carbonyl (C=O) groups is 1. The van der Waals surface area contributed by atoms with Crippen LogP contribution in [-0.2, 0) is 4.79 Å². The van der Waals surface area contributed by atoms with Crippen molar-refractivity contribution in [3.8, 4) is 5.75 Å². The standard InChI is InChI=1S/C16H26N2O2/c1-12-7-8-13(2)15(11-12)20-14(3)16(19)17-9-6-10-18(4)5/h7-8,11,14H,6,9-10H2,1-5H3,(H,17,19)/t14-/m0/s1. The lowest BCUT2D eigenvalue weighted by molar-refractivity contribution is -0.127. The third kappa shape index (κ3) is 5.61. The van der Waals surface area contributed by atoms with E-state index in [9.17, 15) is 4.79 Å². The molecule has 0 saturated carbocycles. The highest BCUT2D eigenvalue weighted by molar-refractivity contribution is 5.80. The maximum Gasteiger partial charge on any atom is 0.260 e. The fourth-order valence-corrected chi connectivity index (χ4v) is 1.83. The molecule has 0 saturated heterocycles. The maximum atomic E-state index is 11.9. The van der Waals surface area contributed by atoms with Crippen LogP contribution >= 0.6 is 0 Å². The van der Waals surface area contributed by atoms with Crippen molar-refractivity contribution in [2.24, 2.45) is 0 Å². The molecule has 1 amide bonds. The zero-order valence-electron chi connectivity index (χ0n) is 13.2. The lowest BCUT2D eigenvalue weighted by atomic mass is 10.1. The van der Waals surface area contributed by atoms with Crippen LogP contribution in [0.4, 0.5) is 0 Å². The summed E-state index contributed by atoms with van der Waals surface area (Å²) >= 11 is 0. The van der Waals surface area contributed by atoms with Crippen LogP contribution in [0, 0.1) is 13.8 Å². The Morgan fingerprint density at radius 2 is 2.05 bits per heavy atom. The molecular formula is C16H26N2O2. The molecule has 0 aliphatic heterocycles. The maximum absolute atomic E-state index is 11.9. The summed E-state index contributed by atoms with van der Waals surface area (Å²) in [5, 5.41) is 2.90. The Morgan fingerprint density at radius 3 is 2.70 bits per heavy atom. The van der Waals surface area contributed by atoms with Crippen LogP contribution in [-0.4, -0.2) is 44.1 Å². The number of nitrogens with zero attached hydrogens (tertiary/aromatic N) is 1. The lowest BCUT2D eigenvalue weighted by Gasteiger charge is -2.17. The van der Waals surface area contributed by atoms with Gasteiger partial charge in [-0.1, -0.05) is 12.1 Å². The van der Waals surface area contributed by atoms with E-state index < -0.39 is 6.10 Å². The summed E-state index contributed by atoms with van der Waals surface area (Å²) in [6.45, 7) is 7.42. The summed E-state index contributed by atoms with van der Waals surface area (Å²) in [7, 11) is 4.04. The lowest BCUT2D eigenvalue weighted by Crippen LogP contribution is -2.37. The Labute approximate surface area is 122 Å². The number of aryl methyl sites for hydroxylation is 2. The molecule has 4 heteroatoms. The molecule has 112 valence electrons. The van der Waals surface area contributed by atoms with Gasteiger partial charge in [0, 0.05) is 6.54 Å². The summed E-state index contributed by atoms with van der Waals surface area (Å²) in [5.74, 6) is 0.714. The fourth-order valence-electron chi connectivity index (χ4n) is 1.83. The average Bonchev–Trinajstić information content (AvgIpc) is 2.38. The molecule has 0 aliphatic carbocycles. The minimum absolute atomic E-state index is 0.0651. The summed E-state index contributed by atoms with van der Waals surface area (Å²) in [4.78, 5) is 14.0. The van der Waals surface area contributed by atoms with Crippen LogP contribution in [0.25, 0.3) is 0 Å². The van der Waals surface area contributed by atoms with Gasteiger partial charge < -0.3 is 15.0 Å². The van der Waals surface area contributed by atoms with Crippen LogP contribution in [0.1, 0.15) is 24.5 Å². The highest BCUT2D eigenvalue weighted by Gasteiger charge is 2.15. The van der Waals surface area contributed by atoms with Gasteiger partial charge in [-0.3, -0.25) is 4.79 Å². The van der Waals surface area contributed by atoms with Crippen LogP contribution in [0.15, 0.2) is 18.2 Å². The Balaban J connectivity index is 2.43. The Bertz CT molecular complexity index is 444. The van der Waals surface area contributed by atoms with E-state index in [4.69, 9.17) is 4.74 Å². The molecule has 0 bridgehead atoms. The van der Waals surface area contributed by atoms with Gasteiger partial charge in [0.2, 0.25) is 0 Å². The Morgan fingerprint density at radius 1 is 1.35 bits per heavy atom. The first-order valence-electron chi connectivity index (χ1n) is 7.06. The molecule has 1 aromatic carbocycles. The number of carbonyl (C=O) groups excluding carboxylic acids is 1. The van der Waals surface area contributed by atoms with Crippen LogP contribution in [0.3, 0.4) is 0 Å². The molecule has 20 heavy (non-hydrogen) atoms. The van der Waals surface area contributed by atoms with Crippen molar-refractivity contribution in [2.75, 3.05) is 27.2 Å². The molecule has 1 aromatic rings. The van der Waals surface area contributed by atoms with Crippen molar-refractivity contribution in [1.82, 2.24) is 10.2 Å². The van der Waals surface area contributed by atoms with Gasteiger partial charge in [0.15, 0.2) is 6.10 Å². The SMILES string of the molecule is Cc1ccc(C)c(O[C@@H](C)C(=O)NCCCN(C)C)c1. The van der Waals surface area contributed by atoms with Gasteiger partial charge in [0.1, 0.15) is 5.75 Å². The van der Waals surface area contributed by atoms with E-state index in [2.05, 4.69) is 10.2 Å². The largest absolute Gasteiger partial charge is 0.481 e. The van der Waals surface area contributed by atoms with Crippen molar-refractivity contribution in [3.05, 3.63) is 29.3 Å². The van der Waals surface area contributed by atoms with Gasteiger partial charge in [-0.15, -0.1) is 0 Å². The van der Waals surface area contributed by atoms with E-state index in [0.717, 1.165) is 29.8 Å². The first-order chi connectivity index (χ1) is 9.40. The predicted molar refractivity (Wildman–Crippen MR) is 82.2 cm³/mol. The second kappa shape index (κ2) is 7.90. The monoisotopic (exact) mass is 278 g/mol. The van der Waals surface area contributed by atoms with E-state index in [1.807, 2.05) is 46.1 Å². The van der Waals surface area contributed by atoms with Gasteiger partial charge in [0.25, 0.3) is 5.91 Å². The second-order valence-corrected chi connectivity index (χ2v) is 5.48. The zero-order chi connectivity index (χ0) is 15.1. The third-order valence-electron chi connectivity index (χ3n) is 3.10. The minimum Gasteiger partial charge on any atom is -0.481 e. The molecule has 4 nitrogen and oxygen atoms in total. The number of nitrogens with one attached hydrogen (secondary N) is 1. The van der Waals surface area contributed by atoms with Crippen LogP contribution in [0.5, 0.6) is 5.75 Å². The van der Waals surface area contributed by atoms with E-state index >= 15 is 0 Å². The van der Waals surface area contributed by atoms with E-state index in [1.54, 1.807) is 6.92 Å². The van der Waals surface area contributed by atoms with Crippen LogP contribution < -0.4 is 10.1 Å². The van der Waals surface area contributed by atoms with Crippen molar-refractivity contribution in [1.29, 1.82) is 0 Å². The summed E-state index contributed by atoms with van der Waals surface area (Å²) in [6, 6.07) is 6.01.